The summed E-state index contributed by atoms with van der Waals surface area (Å²) in [6, 6.07) is 8.52. The molecule has 2 atom stereocenters. The molecule has 0 aliphatic rings. The largest absolute Gasteiger partial charge is 0.385 e. The number of benzene rings is 1. The van der Waals surface area contributed by atoms with Crippen molar-refractivity contribution in [3.63, 3.8) is 0 Å². The van der Waals surface area contributed by atoms with Crippen molar-refractivity contribution in [3.05, 3.63) is 35.9 Å². The van der Waals surface area contributed by atoms with Gasteiger partial charge >= 0.3 is 7.60 Å². The average Bonchev–Trinajstić information content (AvgIpc) is 2.36. The zero-order valence-corrected chi connectivity index (χ0v) is 13.2. The van der Waals surface area contributed by atoms with Gasteiger partial charge in [-0.05, 0) is 33.3 Å². The van der Waals surface area contributed by atoms with Gasteiger partial charge in [-0.3, -0.25) is 4.57 Å². The second-order valence-corrected chi connectivity index (χ2v) is 7.15. The van der Waals surface area contributed by atoms with E-state index in [9.17, 15) is 14.8 Å². The molecule has 1 rings (SSSR count). The maximum atomic E-state index is 12.7. The van der Waals surface area contributed by atoms with Crippen LogP contribution in [0.3, 0.4) is 0 Å². The van der Waals surface area contributed by atoms with Crippen molar-refractivity contribution in [2.45, 2.75) is 51.9 Å². The van der Waals surface area contributed by atoms with Crippen LogP contribution in [0.25, 0.3) is 0 Å². The predicted octanol–water partition coefficient (Wildman–Crippen LogP) is 3.08. The summed E-state index contributed by atoms with van der Waals surface area (Å²) in [4.78, 5) is 0. The molecular weight excluding hydrogens is 279 g/mol. The molecule has 2 N–H and O–H groups in total. The summed E-state index contributed by atoms with van der Waals surface area (Å²) in [5.74, 6) is -1.63. The zero-order valence-electron chi connectivity index (χ0n) is 12.3. The topological polar surface area (TPSA) is 76.0 Å². The summed E-state index contributed by atoms with van der Waals surface area (Å²) in [6.45, 7) is 6.77. The molecule has 20 heavy (non-hydrogen) atoms. The maximum Gasteiger partial charge on any atom is 0.362 e. The molecule has 0 aliphatic carbocycles. The molecule has 0 heterocycles. The van der Waals surface area contributed by atoms with Crippen LogP contribution in [0.4, 0.5) is 0 Å². The normalized spacial score (nSPS) is 15.6. The van der Waals surface area contributed by atoms with Crippen LogP contribution < -0.4 is 0 Å². The molecule has 0 saturated heterocycles. The zero-order chi connectivity index (χ0) is 15.3. The average molecular weight is 302 g/mol. The lowest BCUT2D eigenvalue weighted by atomic mass is 10.1. The number of hydrogen-bond donors (Lipinski definition) is 2. The molecule has 0 spiro atoms. The van der Waals surface area contributed by atoms with E-state index in [1.807, 2.05) is 0 Å². The van der Waals surface area contributed by atoms with E-state index >= 15 is 0 Å². The standard InChI is InChI=1S/C14H23O5P/c1-10(2)18-20(17,19-11(3)4)14(16)13(15)12-8-6-5-7-9-12/h5-11,13-16H,1-4H3/t13-,14-/m1/s1. The van der Waals surface area contributed by atoms with E-state index in [0.29, 0.717) is 5.56 Å². The van der Waals surface area contributed by atoms with Crippen LogP contribution in [-0.2, 0) is 13.6 Å². The van der Waals surface area contributed by atoms with Crippen molar-refractivity contribution in [2.24, 2.45) is 0 Å². The third kappa shape index (κ3) is 4.69. The van der Waals surface area contributed by atoms with Gasteiger partial charge in [-0.1, -0.05) is 30.3 Å². The van der Waals surface area contributed by atoms with Crippen LogP contribution in [0.15, 0.2) is 30.3 Å². The Morgan fingerprint density at radius 3 is 1.80 bits per heavy atom. The van der Waals surface area contributed by atoms with E-state index in [2.05, 4.69) is 0 Å². The lowest BCUT2D eigenvalue weighted by Gasteiger charge is -2.29. The van der Waals surface area contributed by atoms with Crippen molar-refractivity contribution in [1.82, 2.24) is 0 Å². The third-order valence-corrected chi connectivity index (χ3v) is 4.82. The Hall–Kier alpha value is -0.710. The first-order valence-electron chi connectivity index (χ1n) is 6.64. The Labute approximate surface area is 120 Å². The minimum atomic E-state index is -3.84. The molecule has 0 amide bonds. The van der Waals surface area contributed by atoms with Crippen LogP contribution in [0, 0.1) is 0 Å². The molecule has 0 aliphatic heterocycles. The highest BCUT2D eigenvalue weighted by atomic mass is 31.2. The molecule has 5 nitrogen and oxygen atoms in total. The summed E-state index contributed by atoms with van der Waals surface area (Å²) in [5, 5.41) is 20.4. The number of rotatable bonds is 7. The molecule has 0 fully saturated rings. The molecule has 0 radical (unpaired) electrons. The van der Waals surface area contributed by atoms with E-state index < -0.39 is 31.8 Å². The first-order valence-corrected chi connectivity index (χ1v) is 8.25. The summed E-state index contributed by atoms with van der Waals surface area (Å²) >= 11 is 0. The highest BCUT2D eigenvalue weighted by molar-refractivity contribution is 7.54. The fourth-order valence-corrected chi connectivity index (χ4v) is 3.73. The third-order valence-electron chi connectivity index (χ3n) is 2.46. The van der Waals surface area contributed by atoms with Crippen LogP contribution in [0.1, 0.15) is 39.4 Å². The monoisotopic (exact) mass is 302 g/mol. The maximum absolute atomic E-state index is 12.7. The van der Waals surface area contributed by atoms with Crippen LogP contribution in [0.2, 0.25) is 0 Å². The van der Waals surface area contributed by atoms with Crippen LogP contribution in [-0.4, -0.2) is 28.3 Å². The second kappa shape index (κ2) is 7.34. The lowest BCUT2D eigenvalue weighted by molar-refractivity contribution is 0.0277. The quantitative estimate of drug-likeness (QED) is 0.757. The Balaban J connectivity index is 2.98. The van der Waals surface area contributed by atoms with Gasteiger partial charge in [0.05, 0.1) is 12.2 Å². The van der Waals surface area contributed by atoms with Crippen molar-refractivity contribution < 1.29 is 23.8 Å². The van der Waals surface area contributed by atoms with Crippen LogP contribution >= 0.6 is 7.60 Å². The van der Waals surface area contributed by atoms with Gasteiger partial charge in [-0.2, -0.15) is 0 Å². The van der Waals surface area contributed by atoms with Gasteiger partial charge in [0.25, 0.3) is 0 Å². The van der Waals surface area contributed by atoms with E-state index in [4.69, 9.17) is 9.05 Å². The van der Waals surface area contributed by atoms with Crippen molar-refractivity contribution in [2.75, 3.05) is 0 Å². The molecule has 0 aromatic heterocycles. The highest BCUT2D eigenvalue weighted by Crippen LogP contribution is 2.57. The van der Waals surface area contributed by atoms with E-state index in [0.717, 1.165) is 0 Å². The van der Waals surface area contributed by atoms with Crippen molar-refractivity contribution >= 4 is 7.60 Å². The second-order valence-electron chi connectivity index (χ2n) is 5.12. The van der Waals surface area contributed by atoms with Crippen molar-refractivity contribution in [1.29, 1.82) is 0 Å². The lowest BCUT2D eigenvalue weighted by Crippen LogP contribution is -2.24. The Bertz CT molecular complexity index is 432. The fourth-order valence-electron chi connectivity index (χ4n) is 1.73. The fraction of sp³-hybridized carbons (Fsp3) is 0.571. The Kier molecular flexibility index (Phi) is 6.37. The molecule has 114 valence electrons. The van der Waals surface area contributed by atoms with Gasteiger partial charge in [0.1, 0.15) is 6.10 Å². The summed E-state index contributed by atoms with van der Waals surface area (Å²) in [7, 11) is -3.84. The number of hydrogen-bond acceptors (Lipinski definition) is 5. The first kappa shape index (κ1) is 17.3. The number of aliphatic hydroxyl groups is 2. The minimum absolute atomic E-state index is 0.391. The molecule has 1 aromatic rings. The molecule has 1 aromatic carbocycles. The van der Waals surface area contributed by atoms with E-state index in [-0.39, 0.29) is 0 Å². The molecule has 0 unspecified atom stereocenters. The minimum Gasteiger partial charge on any atom is -0.385 e. The first-order chi connectivity index (χ1) is 9.26. The molecular formula is C14H23O5P. The van der Waals surface area contributed by atoms with Gasteiger partial charge in [0.2, 0.25) is 0 Å². The van der Waals surface area contributed by atoms with Crippen LogP contribution in [0.5, 0.6) is 0 Å². The van der Waals surface area contributed by atoms with E-state index in [1.165, 1.54) is 0 Å². The van der Waals surface area contributed by atoms with E-state index in [1.54, 1.807) is 58.0 Å². The Morgan fingerprint density at radius 1 is 0.950 bits per heavy atom. The predicted molar refractivity (Wildman–Crippen MR) is 77.5 cm³/mol. The van der Waals surface area contributed by atoms with Gasteiger partial charge in [0.15, 0.2) is 5.85 Å². The summed E-state index contributed by atoms with van der Waals surface area (Å²) in [6.07, 6.45) is -2.12. The van der Waals surface area contributed by atoms with Gasteiger partial charge < -0.3 is 19.3 Å². The summed E-state index contributed by atoms with van der Waals surface area (Å²) < 4.78 is 23.2. The molecule has 0 bridgehead atoms. The highest BCUT2D eigenvalue weighted by Gasteiger charge is 2.41. The number of aliphatic hydroxyl groups excluding tert-OH is 2. The Morgan fingerprint density at radius 2 is 1.40 bits per heavy atom. The van der Waals surface area contributed by atoms with Gasteiger partial charge in [-0.15, -0.1) is 0 Å². The summed E-state index contributed by atoms with van der Waals surface area (Å²) in [5.41, 5.74) is 0.458. The SMILES string of the molecule is CC(C)OP(=O)(OC(C)C)[C@@H](O)[C@H](O)c1ccccc1. The van der Waals surface area contributed by atoms with Crippen molar-refractivity contribution in [3.8, 4) is 0 Å². The molecule has 6 heteroatoms. The smallest absolute Gasteiger partial charge is 0.362 e. The molecule has 0 saturated carbocycles. The van der Waals surface area contributed by atoms with Gasteiger partial charge in [0, 0.05) is 0 Å². The van der Waals surface area contributed by atoms with Gasteiger partial charge in [-0.25, -0.2) is 0 Å².